The zero-order chi connectivity index (χ0) is 3.41. The van der Waals surface area contributed by atoms with Crippen LogP contribution in [0.3, 0.4) is 0 Å². The summed E-state index contributed by atoms with van der Waals surface area (Å²) in [6.45, 7) is 0.472. The Morgan fingerprint density at radius 2 is 1.80 bits per heavy atom. The Hall–Kier alpha value is 0.920. The van der Waals surface area contributed by atoms with Gasteiger partial charge in [0.15, 0.2) is 0 Å². The molecule has 0 aromatic rings. The van der Waals surface area contributed by atoms with Crippen LogP contribution < -0.4 is 5.73 Å². The third-order valence-corrected chi connectivity index (χ3v) is 0.129. The third-order valence-electron chi connectivity index (χ3n) is 0.129. The summed E-state index contributed by atoms with van der Waals surface area (Å²) in [5.74, 6) is 0. The van der Waals surface area contributed by atoms with Gasteiger partial charge in [-0.1, -0.05) is 0 Å². The molecule has 0 rings (SSSR count). The Labute approximate surface area is 53.7 Å². The zero-order valence-electron chi connectivity index (χ0n) is 2.44. The van der Waals surface area contributed by atoms with Gasteiger partial charge in [-0.25, -0.2) is 0 Å². The van der Waals surface area contributed by atoms with E-state index in [9.17, 15) is 0 Å². The zero-order valence-corrected chi connectivity index (χ0v) is 2.44. The summed E-state index contributed by atoms with van der Waals surface area (Å²) in [6.07, 6.45) is 0. The fourth-order valence-electron chi connectivity index (χ4n) is 0. The van der Waals surface area contributed by atoms with Crippen LogP contribution in [-0.4, -0.2) is 47.8 Å². The molecule has 0 aromatic carbocycles. The third kappa shape index (κ3) is 11.4. The molecule has 2 nitrogen and oxygen atoms in total. The maximum atomic E-state index is 7.75. The summed E-state index contributed by atoms with van der Waals surface area (Å²) in [4.78, 5) is 0. The van der Waals surface area contributed by atoms with Crippen molar-refractivity contribution in [2.75, 3.05) is 13.2 Å². The van der Waals surface area contributed by atoms with Gasteiger partial charge in [-0.3, -0.25) is 0 Å². The molecule has 0 aromatic heterocycles. The molecule has 0 fully saturated rings. The molecule has 0 heterocycles. The second-order valence-electron chi connectivity index (χ2n) is 0.512. The maximum absolute atomic E-state index is 7.75. The summed E-state index contributed by atoms with van der Waals surface area (Å²) in [7, 11) is 0. The van der Waals surface area contributed by atoms with E-state index >= 15 is 0 Å². The fraction of sp³-hybridized carbons (Fsp3) is 1.00. The van der Waals surface area contributed by atoms with Gasteiger partial charge in [0, 0.05) is 6.54 Å². The van der Waals surface area contributed by atoms with Crippen LogP contribution in [0.5, 0.6) is 0 Å². The van der Waals surface area contributed by atoms with Crippen molar-refractivity contribution in [1.82, 2.24) is 0 Å². The van der Waals surface area contributed by atoms with Crippen molar-refractivity contribution in [2.24, 2.45) is 5.73 Å². The van der Waals surface area contributed by atoms with Crippen LogP contribution >= 0.6 is 0 Å². The van der Waals surface area contributed by atoms with Gasteiger partial charge in [0.2, 0.25) is 0 Å². The fourth-order valence-corrected chi connectivity index (χ4v) is 0. The van der Waals surface area contributed by atoms with Gasteiger partial charge in [-0.2, -0.15) is 0 Å². The van der Waals surface area contributed by atoms with Crippen molar-refractivity contribution in [2.45, 2.75) is 0 Å². The van der Waals surface area contributed by atoms with E-state index in [-0.39, 0.29) is 36.2 Å². The van der Waals surface area contributed by atoms with Gasteiger partial charge in [0.25, 0.3) is 0 Å². The van der Waals surface area contributed by atoms with Crippen LogP contribution in [0.25, 0.3) is 0 Å². The molecule has 3 N–H and O–H groups in total. The second kappa shape index (κ2) is 8.87. The molecule has 0 radical (unpaired) electrons. The number of aliphatic hydroxyl groups is 1. The van der Waals surface area contributed by atoms with Crippen LogP contribution in [-0.2, 0) is 0 Å². The molecular weight excluding hydrogens is 77.0 g/mol. The Bertz CT molecular complexity index is 11.6. The van der Waals surface area contributed by atoms with Crippen LogP contribution in [0.2, 0.25) is 0 Å². The molecule has 3 heteroatoms. The van der Waals surface area contributed by atoms with Gasteiger partial charge in [-0.05, 0) is 0 Å². The molecule has 0 atom stereocenters. The molecule has 5 heavy (non-hydrogen) atoms. The summed E-state index contributed by atoms with van der Waals surface area (Å²) in [5.41, 5.74) is 4.78. The number of nitrogens with two attached hydrogens (primary N) is 1. The predicted octanol–water partition coefficient (Wildman–Crippen LogP) is -1.71. The van der Waals surface area contributed by atoms with E-state index in [0.29, 0.717) is 6.54 Å². The van der Waals surface area contributed by atoms with Gasteiger partial charge in [0.05, 0.1) is 6.61 Å². The SMILES string of the molecule is NCCO.[NaH]. The van der Waals surface area contributed by atoms with Gasteiger partial charge >= 0.3 is 29.6 Å². The van der Waals surface area contributed by atoms with Crippen LogP contribution in [0.4, 0.5) is 0 Å². The van der Waals surface area contributed by atoms with E-state index in [4.69, 9.17) is 10.8 Å². The van der Waals surface area contributed by atoms with Gasteiger partial charge < -0.3 is 10.8 Å². The molecule has 0 bridgehead atoms. The van der Waals surface area contributed by atoms with Crippen LogP contribution in [0.15, 0.2) is 0 Å². The molecule has 0 saturated heterocycles. The Kier molecular flexibility index (Phi) is 16.5. The van der Waals surface area contributed by atoms with Crippen LogP contribution in [0, 0.1) is 0 Å². The summed E-state index contributed by atoms with van der Waals surface area (Å²) < 4.78 is 0. The Balaban J connectivity index is 0. The molecular formula is C2H8NNaO. The molecule has 0 aliphatic rings. The number of hydrogen-bond acceptors (Lipinski definition) is 2. The second-order valence-corrected chi connectivity index (χ2v) is 0.512. The molecule has 0 amide bonds. The van der Waals surface area contributed by atoms with E-state index in [0.717, 1.165) is 0 Å². The van der Waals surface area contributed by atoms with Crippen molar-refractivity contribution < 1.29 is 5.11 Å². The average Bonchev–Trinajstić information content (AvgIpc) is 1.37. The number of rotatable bonds is 1. The number of hydrogen-bond donors (Lipinski definition) is 2. The van der Waals surface area contributed by atoms with Crippen molar-refractivity contribution in [3.05, 3.63) is 0 Å². The minimum atomic E-state index is 0. The summed E-state index contributed by atoms with van der Waals surface area (Å²) >= 11 is 0. The summed E-state index contributed by atoms with van der Waals surface area (Å²) in [5, 5.41) is 7.75. The first kappa shape index (κ1) is 9.33. The first-order valence-electron chi connectivity index (χ1n) is 1.22. The van der Waals surface area contributed by atoms with Crippen molar-refractivity contribution in [1.29, 1.82) is 0 Å². The van der Waals surface area contributed by atoms with E-state index in [2.05, 4.69) is 0 Å². The monoisotopic (exact) mass is 85.1 g/mol. The van der Waals surface area contributed by atoms with E-state index in [1.807, 2.05) is 0 Å². The Morgan fingerprint density at radius 1 is 1.60 bits per heavy atom. The Morgan fingerprint density at radius 3 is 1.80 bits per heavy atom. The molecule has 0 saturated carbocycles. The quantitative estimate of drug-likeness (QED) is 0.372. The molecule has 0 aliphatic carbocycles. The summed E-state index contributed by atoms with van der Waals surface area (Å²) in [6, 6.07) is 0. The topological polar surface area (TPSA) is 46.2 Å². The normalized spacial score (nSPS) is 6.00. The first-order valence-corrected chi connectivity index (χ1v) is 1.22. The minimum absolute atomic E-state index is 0. The van der Waals surface area contributed by atoms with E-state index in [1.54, 1.807) is 0 Å². The number of aliphatic hydroxyl groups excluding tert-OH is 1. The average molecular weight is 85.1 g/mol. The van der Waals surface area contributed by atoms with Crippen molar-refractivity contribution in [3.8, 4) is 0 Å². The van der Waals surface area contributed by atoms with Crippen LogP contribution in [0.1, 0.15) is 0 Å². The van der Waals surface area contributed by atoms with Crippen molar-refractivity contribution in [3.63, 3.8) is 0 Å². The van der Waals surface area contributed by atoms with E-state index < -0.39 is 0 Å². The molecule has 28 valence electrons. The first-order chi connectivity index (χ1) is 1.91. The molecule has 0 unspecified atom stereocenters. The van der Waals surface area contributed by atoms with Gasteiger partial charge in [0.1, 0.15) is 0 Å². The van der Waals surface area contributed by atoms with Gasteiger partial charge in [-0.15, -0.1) is 0 Å². The molecule has 0 aliphatic heterocycles. The van der Waals surface area contributed by atoms with E-state index in [1.165, 1.54) is 0 Å². The predicted molar refractivity (Wildman–Crippen MR) is 23.3 cm³/mol. The van der Waals surface area contributed by atoms with Crippen molar-refractivity contribution >= 4 is 29.6 Å². The molecule has 0 spiro atoms. The standard InChI is InChI=1S/C2H7NO.Na.H/c3-1-2-4;;/h4H,1-3H2;;.